The summed E-state index contributed by atoms with van der Waals surface area (Å²) in [6.45, 7) is 14.4. The predicted molar refractivity (Wildman–Crippen MR) is 156 cm³/mol. The zero-order chi connectivity index (χ0) is 29.3. The number of hydrogen-bond acceptors (Lipinski definition) is 6. The first-order valence-corrected chi connectivity index (χ1v) is 16.0. The molecule has 0 fully saturated rings. The second-order valence-corrected chi connectivity index (χ2v) is 15.3. The van der Waals surface area contributed by atoms with Gasteiger partial charge in [0.15, 0.2) is 11.6 Å². The molecule has 1 aromatic carbocycles. The number of benzene rings is 1. The minimum absolute atomic E-state index is 0.0281. The first-order valence-electron chi connectivity index (χ1n) is 12.2. The van der Waals surface area contributed by atoms with Gasteiger partial charge in [-0.3, -0.25) is 18.5 Å². The van der Waals surface area contributed by atoms with Crippen LogP contribution in [-0.4, -0.2) is 42.3 Å². The van der Waals surface area contributed by atoms with E-state index in [0.717, 1.165) is 23.1 Å². The summed E-state index contributed by atoms with van der Waals surface area (Å²) in [5, 5.41) is 10.7. The lowest BCUT2D eigenvalue weighted by atomic mass is 9.85. The molecular formula is C25H34ClN7O4S2. The SMILES string of the molecule is Cc1nc(NS(C)(=O)=O)c2cc(Cn3nc(NS(N)(=O)=O)c4c(Cl)ccc(C(C)(C)C)c43)cc(C(C)(C)C)n12. The summed E-state index contributed by atoms with van der Waals surface area (Å²) in [5.74, 6) is 0.890. The van der Waals surface area contributed by atoms with Crippen molar-refractivity contribution in [2.24, 2.45) is 5.14 Å². The van der Waals surface area contributed by atoms with Gasteiger partial charge in [-0.05, 0) is 41.7 Å². The Hall–Kier alpha value is -2.87. The van der Waals surface area contributed by atoms with Crippen LogP contribution < -0.4 is 14.6 Å². The molecule has 0 radical (unpaired) electrons. The number of rotatable bonds is 6. The smallest absolute Gasteiger partial charge is 0.297 e. The van der Waals surface area contributed by atoms with Gasteiger partial charge in [-0.25, -0.2) is 18.5 Å². The average molecular weight is 596 g/mol. The molecule has 0 spiro atoms. The van der Waals surface area contributed by atoms with Crippen molar-refractivity contribution in [3.8, 4) is 0 Å². The summed E-state index contributed by atoms with van der Waals surface area (Å²) in [6.07, 6.45) is 1.08. The van der Waals surface area contributed by atoms with E-state index in [1.807, 2.05) is 50.3 Å². The Morgan fingerprint density at radius 2 is 1.62 bits per heavy atom. The van der Waals surface area contributed by atoms with E-state index < -0.39 is 20.2 Å². The number of sulfonamides is 1. The van der Waals surface area contributed by atoms with Crippen LogP contribution >= 0.6 is 11.6 Å². The van der Waals surface area contributed by atoms with Gasteiger partial charge in [0, 0.05) is 11.1 Å². The van der Waals surface area contributed by atoms with Crippen molar-refractivity contribution in [1.29, 1.82) is 0 Å². The van der Waals surface area contributed by atoms with Crippen molar-refractivity contribution in [2.75, 3.05) is 15.7 Å². The Kier molecular flexibility index (Phi) is 6.99. The van der Waals surface area contributed by atoms with E-state index in [1.54, 1.807) is 10.7 Å². The number of nitrogens with zero attached hydrogens (tertiary/aromatic N) is 4. The topological polar surface area (TPSA) is 153 Å². The van der Waals surface area contributed by atoms with Gasteiger partial charge in [0.1, 0.15) is 5.82 Å². The zero-order valence-corrected chi connectivity index (χ0v) is 25.6. The number of imidazole rings is 1. The van der Waals surface area contributed by atoms with E-state index in [0.29, 0.717) is 27.3 Å². The zero-order valence-electron chi connectivity index (χ0n) is 23.2. The molecule has 4 N–H and O–H groups in total. The first kappa shape index (κ1) is 29.1. The van der Waals surface area contributed by atoms with Gasteiger partial charge < -0.3 is 0 Å². The molecule has 0 unspecified atom stereocenters. The number of hydrogen-bond donors (Lipinski definition) is 3. The van der Waals surface area contributed by atoms with Gasteiger partial charge in [-0.15, -0.1) is 0 Å². The quantitative estimate of drug-likeness (QED) is 0.302. The van der Waals surface area contributed by atoms with Crippen molar-refractivity contribution < 1.29 is 16.8 Å². The fourth-order valence-electron chi connectivity index (χ4n) is 4.72. The molecule has 0 atom stereocenters. The number of anilines is 2. The summed E-state index contributed by atoms with van der Waals surface area (Å²) >= 11 is 6.57. The maximum absolute atomic E-state index is 12.1. The molecule has 11 nitrogen and oxygen atoms in total. The first-order chi connectivity index (χ1) is 17.7. The number of aryl methyl sites for hydroxylation is 1. The molecule has 212 valence electrons. The highest BCUT2D eigenvalue weighted by Crippen LogP contribution is 2.39. The highest BCUT2D eigenvalue weighted by atomic mass is 35.5. The molecule has 0 saturated heterocycles. The largest absolute Gasteiger partial charge is 0.298 e. The number of pyridine rings is 1. The van der Waals surface area contributed by atoms with Crippen LogP contribution in [0.25, 0.3) is 16.4 Å². The minimum atomic E-state index is -4.13. The molecule has 0 aliphatic rings. The van der Waals surface area contributed by atoms with Gasteiger partial charge in [0.25, 0.3) is 10.2 Å². The van der Waals surface area contributed by atoms with Gasteiger partial charge in [-0.1, -0.05) is 59.2 Å². The molecule has 4 aromatic rings. The fourth-order valence-corrected chi connectivity index (χ4v) is 5.87. The third-order valence-corrected chi connectivity index (χ3v) is 7.60. The molecule has 3 heterocycles. The van der Waals surface area contributed by atoms with Crippen molar-refractivity contribution in [1.82, 2.24) is 19.2 Å². The van der Waals surface area contributed by atoms with Crippen LogP contribution in [0.3, 0.4) is 0 Å². The maximum Gasteiger partial charge on any atom is 0.297 e. The van der Waals surface area contributed by atoms with Gasteiger partial charge >= 0.3 is 0 Å². The summed E-state index contributed by atoms with van der Waals surface area (Å²) < 4.78 is 56.6. The molecule has 4 rings (SSSR count). The van der Waals surface area contributed by atoms with Crippen molar-refractivity contribution in [3.63, 3.8) is 0 Å². The number of fused-ring (bicyclic) bond motifs is 2. The third-order valence-electron chi connectivity index (χ3n) is 6.24. The lowest BCUT2D eigenvalue weighted by molar-refractivity contribution is 0.555. The molecule has 0 aliphatic carbocycles. The average Bonchev–Trinajstić information content (AvgIpc) is 3.22. The van der Waals surface area contributed by atoms with Crippen LogP contribution in [0.4, 0.5) is 11.6 Å². The van der Waals surface area contributed by atoms with Crippen LogP contribution in [0.5, 0.6) is 0 Å². The highest BCUT2D eigenvalue weighted by molar-refractivity contribution is 7.92. The lowest BCUT2D eigenvalue weighted by Crippen LogP contribution is -2.22. The third kappa shape index (κ3) is 6.01. The van der Waals surface area contributed by atoms with E-state index in [1.165, 1.54) is 0 Å². The summed E-state index contributed by atoms with van der Waals surface area (Å²) in [4.78, 5) is 4.49. The molecule has 0 aliphatic heterocycles. The standard InChI is InChI=1S/C25H34ClN7O4S2/c1-14-28-22(30-38(8,34)35)18-11-15(12-19(33(14)18)25(5,6)7)13-32-21-16(24(2,3)4)9-10-17(26)20(21)23(29-32)31-39(27,36)37/h9-12,30H,13H2,1-8H3,(H,29,31)(H2,27,36,37). The molecule has 39 heavy (non-hydrogen) atoms. The predicted octanol–water partition coefficient (Wildman–Crippen LogP) is 4.28. The van der Waals surface area contributed by atoms with Gasteiger partial charge in [-0.2, -0.15) is 13.5 Å². The van der Waals surface area contributed by atoms with E-state index in [4.69, 9.17) is 16.7 Å². The maximum atomic E-state index is 12.1. The van der Waals surface area contributed by atoms with E-state index in [9.17, 15) is 16.8 Å². The van der Waals surface area contributed by atoms with Crippen LogP contribution in [0, 0.1) is 6.92 Å². The summed E-state index contributed by atoms with van der Waals surface area (Å²) in [7, 11) is -7.71. The minimum Gasteiger partial charge on any atom is -0.298 e. The number of aromatic nitrogens is 4. The molecule has 0 amide bonds. The van der Waals surface area contributed by atoms with E-state index in [2.05, 4.69) is 40.3 Å². The second-order valence-electron chi connectivity index (χ2n) is 11.8. The second kappa shape index (κ2) is 9.36. The summed E-state index contributed by atoms with van der Waals surface area (Å²) in [5.41, 5.74) is 3.23. The Labute approximate surface area is 234 Å². The number of nitrogens with two attached hydrogens (primary N) is 1. The Balaban J connectivity index is 2.03. The van der Waals surface area contributed by atoms with Crippen LogP contribution in [0.1, 0.15) is 64.2 Å². The summed E-state index contributed by atoms with van der Waals surface area (Å²) in [6, 6.07) is 7.49. The van der Waals surface area contributed by atoms with Crippen molar-refractivity contribution >= 4 is 59.9 Å². The fraction of sp³-hybridized carbons (Fsp3) is 0.440. The van der Waals surface area contributed by atoms with Gasteiger partial charge in [0.05, 0.1) is 34.2 Å². The lowest BCUT2D eigenvalue weighted by Gasteiger charge is -2.24. The molecule has 0 saturated carbocycles. The van der Waals surface area contributed by atoms with Crippen LogP contribution in [0.15, 0.2) is 24.3 Å². The van der Waals surface area contributed by atoms with Crippen LogP contribution in [-0.2, 0) is 37.6 Å². The monoisotopic (exact) mass is 595 g/mol. The Morgan fingerprint density at radius 3 is 2.15 bits per heavy atom. The number of nitrogens with one attached hydrogen (secondary N) is 2. The molecular weight excluding hydrogens is 562 g/mol. The van der Waals surface area contributed by atoms with Crippen molar-refractivity contribution in [2.45, 2.75) is 65.8 Å². The normalized spacial score (nSPS) is 13.4. The molecule has 3 aromatic heterocycles. The van der Waals surface area contributed by atoms with Crippen LogP contribution in [0.2, 0.25) is 5.02 Å². The Morgan fingerprint density at radius 1 is 0.974 bits per heavy atom. The van der Waals surface area contributed by atoms with Gasteiger partial charge in [0.2, 0.25) is 10.0 Å². The van der Waals surface area contributed by atoms with Crippen molar-refractivity contribution in [3.05, 3.63) is 51.9 Å². The molecule has 14 heteroatoms. The van der Waals surface area contributed by atoms with E-state index in [-0.39, 0.29) is 29.0 Å². The Bertz CT molecular complexity index is 1830. The number of halogens is 1. The highest BCUT2D eigenvalue weighted by Gasteiger charge is 2.27. The molecule has 0 bridgehead atoms. The van der Waals surface area contributed by atoms with E-state index >= 15 is 0 Å².